The van der Waals surface area contributed by atoms with Crippen LogP contribution in [-0.2, 0) is 27.8 Å². The molecule has 0 fully saturated rings. The van der Waals surface area contributed by atoms with E-state index in [1.54, 1.807) is 20.0 Å². The monoisotopic (exact) mass is 273 g/mol. The molecule has 0 spiro atoms. The number of fused-ring (bicyclic) bond motifs is 1. The average Bonchev–Trinajstić information content (AvgIpc) is 2.44. The van der Waals surface area contributed by atoms with Crippen LogP contribution in [0.1, 0.15) is 12.5 Å². The highest BCUT2D eigenvalue weighted by atomic mass is 16.5. The van der Waals surface area contributed by atoms with Crippen LogP contribution < -0.4 is 5.56 Å². The van der Waals surface area contributed by atoms with Gasteiger partial charge in [-0.3, -0.25) is 9.59 Å². The van der Waals surface area contributed by atoms with Crippen molar-refractivity contribution in [1.29, 1.82) is 0 Å². The number of rotatable bonds is 4. The van der Waals surface area contributed by atoms with Gasteiger partial charge in [0.05, 0.1) is 12.1 Å². The maximum atomic E-state index is 11.9. The van der Waals surface area contributed by atoms with Crippen LogP contribution in [0, 0.1) is 0 Å². The van der Waals surface area contributed by atoms with Crippen molar-refractivity contribution in [3.8, 4) is 0 Å². The molecule has 0 aliphatic heterocycles. The molecule has 0 radical (unpaired) electrons. The molecule has 0 unspecified atom stereocenters. The molecule has 1 heterocycles. The first-order valence-corrected chi connectivity index (χ1v) is 6.32. The summed E-state index contributed by atoms with van der Waals surface area (Å²) in [6, 6.07) is 8.65. The summed E-state index contributed by atoms with van der Waals surface area (Å²) < 4.78 is 6.18. The normalized spacial score (nSPS) is 10.5. The number of benzene rings is 1. The number of ether oxygens (including phenoxy) is 1. The Bertz CT molecular complexity index is 730. The van der Waals surface area contributed by atoms with Crippen LogP contribution >= 0.6 is 0 Å². The summed E-state index contributed by atoms with van der Waals surface area (Å²) in [6.07, 6.45) is -0.130. The van der Waals surface area contributed by atoms with Crippen LogP contribution in [0.2, 0.25) is 0 Å². The van der Waals surface area contributed by atoms with Gasteiger partial charge in [-0.1, -0.05) is 18.2 Å². The lowest BCUT2D eigenvalue weighted by Crippen LogP contribution is -2.22. The number of aromatic nitrogens is 1. The van der Waals surface area contributed by atoms with Gasteiger partial charge in [0.2, 0.25) is 5.78 Å². The van der Waals surface area contributed by atoms with Crippen molar-refractivity contribution < 1.29 is 14.3 Å². The number of para-hydroxylation sites is 1. The summed E-state index contributed by atoms with van der Waals surface area (Å²) in [5.74, 6) is -1.51. The number of esters is 1. The Labute approximate surface area is 115 Å². The van der Waals surface area contributed by atoms with Crippen molar-refractivity contribution in [3.63, 3.8) is 0 Å². The van der Waals surface area contributed by atoms with E-state index >= 15 is 0 Å². The minimum atomic E-state index is -0.864. The fraction of sp³-hybridized carbons (Fsp3) is 0.267. The molecule has 1 aromatic heterocycles. The van der Waals surface area contributed by atoms with Crippen LogP contribution in [-0.4, -0.2) is 22.9 Å². The molecule has 0 aliphatic carbocycles. The number of ketones is 1. The average molecular weight is 273 g/mol. The van der Waals surface area contributed by atoms with Gasteiger partial charge in [-0.2, -0.15) is 0 Å². The molecular weight excluding hydrogens is 258 g/mol. The van der Waals surface area contributed by atoms with Crippen LogP contribution in [0.25, 0.3) is 10.9 Å². The Kier molecular flexibility index (Phi) is 3.98. The number of pyridine rings is 1. The Morgan fingerprint density at radius 3 is 2.65 bits per heavy atom. The molecular formula is C15H15NO4. The third kappa shape index (κ3) is 2.61. The first-order valence-electron chi connectivity index (χ1n) is 6.32. The zero-order chi connectivity index (χ0) is 14.7. The molecule has 0 atom stereocenters. The maximum absolute atomic E-state index is 11.9. The van der Waals surface area contributed by atoms with E-state index in [2.05, 4.69) is 4.74 Å². The summed E-state index contributed by atoms with van der Waals surface area (Å²) in [5.41, 5.74) is 1.06. The van der Waals surface area contributed by atoms with Crippen molar-refractivity contribution in [2.75, 3.05) is 6.61 Å². The Hall–Kier alpha value is -2.43. The fourth-order valence-corrected chi connectivity index (χ4v) is 2.08. The van der Waals surface area contributed by atoms with Crippen molar-refractivity contribution in [1.82, 2.24) is 4.57 Å². The van der Waals surface area contributed by atoms with E-state index in [0.717, 1.165) is 10.9 Å². The third-order valence-electron chi connectivity index (χ3n) is 3.09. The number of aryl methyl sites for hydroxylation is 1. The van der Waals surface area contributed by atoms with Gasteiger partial charge in [0.25, 0.3) is 5.56 Å². The van der Waals surface area contributed by atoms with Gasteiger partial charge >= 0.3 is 5.97 Å². The van der Waals surface area contributed by atoms with Crippen molar-refractivity contribution in [3.05, 3.63) is 46.2 Å². The van der Waals surface area contributed by atoms with Gasteiger partial charge in [-0.05, 0) is 18.6 Å². The van der Waals surface area contributed by atoms with Gasteiger partial charge in [0.1, 0.15) is 0 Å². The first-order chi connectivity index (χ1) is 9.54. The standard InChI is InChI=1S/C15H15NO4/c1-3-20-15(19)13(17)8-10-9-14(18)16(2)12-7-5-4-6-11(10)12/h4-7,9H,3,8H2,1-2H3. The second-order valence-corrected chi connectivity index (χ2v) is 4.40. The van der Waals surface area contributed by atoms with E-state index in [1.165, 1.54) is 10.6 Å². The highest BCUT2D eigenvalue weighted by Crippen LogP contribution is 2.17. The first kappa shape index (κ1) is 14.0. The lowest BCUT2D eigenvalue weighted by atomic mass is 10.0. The van der Waals surface area contributed by atoms with Gasteiger partial charge in [0.15, 0.2) is 0 Å². The summed E-state index contributed by atoms with van der Waals surface area (Å²) in [6.45, 7) is 1.79. The topological polar surface area (TPSA) is 65.4 Å². The van der Waals surface area contributed by atoms with Crippen LogP contribution in [0.4, 0.5) is 0 Å². The largest absolute Gasteiger partial charge is 0.460 e. The van der Waals surface area contributed by atoms with Crippen molar-refractivity contribution >= 4 is 22.7 Å². The number of hydrogen-bond acceptors (Lipinski definition) is 4. The van der Waals surface area contributed by atoms with Gasteiger partial charge in [-0.15, -0.1) is 0 Å². The summed E-state index contributed by atoms with van der Waals surface area (Å²) >= 11 is 0. The second kappa shape index (κ2) is 5.69. The van der Waals surface area contributed by atoms with Crippen molar-refractivity contribution in [2.24, 2.45) is 7.05 Å². The van der Waals surface area contributed by atoms with E-state index in [-0.39, 0.29) is 18.6 Å². The van der Waals surface area contributed by atoms with Crippen molar-refractivity contribution in [2.45, 2.75) is 13.3 Å². The Morgan fingerprint density at radius 1 is 1.25 bits per heavy atom. The molecule has 0 amide bonds. The Morgan fingerprint density at radius 2 is 1.95 bits per heavy atom. The van der Waals surface area contributed by atoms with E-state index < -0.39 is 11.8 Å². The molecule has 0 saturated carbocycles. The predicted octanol–water partition coefficient (Wildman–Crippen LogP) is 1.21. The van der Waals surface area contributed by atoms with E-state index in [9.17, 15) is 14.4 Å². The zero-order valence-corrected chi connectivity index (χ0v) is 11.4. The van der Waals surface area contributed by atoms with E-state index in [4.69, 9.17) is 0 Å². The second-order valence-electron chi connectivity index (χ2n) is 4.40. The highest BCUT2D eigenvalue weighted by molar-refractivity contribution is 6.34. The zero-order valence-electron chi connectivity index (χ0n) is 11.4. The molecule has 20 heavy (non-hydrogen) atoms. The van der Waals surface area contributed by atoms with Crippen LogP contribution in [0.5, 0.6) is 0 Å². The molecule has 0 aliphatic rings. The predicted molar refractivity (Wildman–Crippen MR) is 74.5 cm³/mol. The molecule has 2 aromatic rings. The number of carbonyl (C=O) groups excluding carboxylic acids is 2. The van der Waals surface area contributed by atoms with Gasteiger partial charge in [-0.25, -0.2) is 4.79 Å². The molecule has 1 aromatic carbocycles. The molecule has 0 bridgehead atoms. The molecule has 5 nitrogen and oxygen atoms in total. The molecule has 0 N–H and O–H groups in total. The highest BCUT2D eigenvalue weighted by Gasteiger charge is 2.17. The number of carbonyl (C=O) groups is 2. The fourth-order valence-electron chi connectivity index (χ4n) is 2.08. The SMILES string of the molecule is CCOC(=O)C(=O)Cc1cc(=O)n(C)c2ccccc12. The Balaban J connectivity index is 2.45. The molecule has 104 valence electrons. The quantitative estimate of drug-likeness (QED) is 0.620. The number of hydrogen-bond donors (Lipinski definition) is 0. The number of nitrogens with zero attached hydrogens (tertiary/aromatic N) is 1. The molecule has 5 heteroatoms. The third-order valence-corrected chi connectivity index (χ3v) is 3.09. The lowest BCUT2D eigenvalue weighted by molar-refractivity contribution is -0.153. The van der Waals surface area contributed by atoms with E-state index in [0.29, 0.717) is 5.56 Å². The minimum absolute atomic E-state index is 0.130. The van der Waals surface area contributed by atoms with Gasteiger partial charge < -0.3 is 9.30 Å². The van der Waals surface area contributed by atoms with Gasteiger partial charge in [0, 0.05) is 24.9 Å². The van der Waals surface area contributed by atoms with Crippen LogP contribution in [0.15, 0.2) is 35.1 Å². The number of Topliss-reactive ketones (excluding diaryl/α,β-unsaturated/α-hetero) is 1. The minimum Gasteiger partial charge on any atom is -0.460 e. The van der Waals surface area contributed by atoms with Crippen LogP contribution in [0.3, 0.4) is 0 Å². The van der Waals surface area contributed by atoms with E-state index in [1.807, 2.05) is 18.2 Å². The molecule has 0 saturated heterocycles. The smallest absolute Gasteiger partial charge is 0.374 e. The maximum Gasteiger partial charge on any atom is 0.374 e. The summed E-state index contributed by atoms with van der Waals surface area (Å²) in [4.78, 5) is 35.0. The lowest BCUT2D eigenvalue weighted by Gasteiger charge is -2.09. The molecule has 2 rings (SSSR count). The summed E-state index contributed by atoms with van der Waals surface area (Å²) in [5, 5.41) is 0.784. The summed E-state index contributed by atoms with van der Waals surface area (Å²) in [7, 11) is 1.67.